The number of thiazole rings is 1. The van der Waals surface area contributed by atoms with Crippen LogP contribution in [0.2, 0.25) is 0 Å². The molecule has 2 aromatic rings. The minimum absolute atomic E-state index is 0.0632. The van der Waals surface area contributed by atoms with E-state index in [0.717, 1.165) is 24.6 Å². The Morgan fingerprint density at radius 1 is 1.34 bits per heavy atom. The van der Waals surface area contributed by atoms with Gasteiger partial charge in [-0.3, -0.25) is 0 Å². The molecule has 0 amide bonds. The quantitative estimate of drug-likeness (QED) is 0.631. The first-order valence-corrected chi connectivity index (χ1v) is 10.4. The largest absolute Gasteiger partial charge is 0.477 e. The minimum Gasteiger partial charge on any atom is -0.477 e. The van der Waals surface area contributed by atoms with Gasteiger partial charge in [0.15, 0.2) is 5.13 Å². The lowest BCUT2D eigenvalue weighted by Gasteiger charge is -2.30. The maximum atomic E-state index is 11.8. The van der Waals surface area contributed by atoms with Crippen LogP contribution >= 0.6 is 11.3 Å². The fraction of sp³-hybridized carbons (Fsp3) is 0.579. The highest BCUT2D eigenvalue weighted by Gasteiger charge is 2.25. The van der Waals surface area contributed by atoms with E-state index in [-0.39, 0.29) is 10.9 Å². The Bertz CT molecular complexity index is 807. The molecule has 0 aliphatic carbocycles. The zero-order valence-corrected chi connectivity index (χ0v) is 17.7. The molecule has 0 saturated carbocycles. The number of hydrogen-bond acceptors (Lipinski definition) is 9. The Hall–Kier alpha value is -2.30. The van der Waals surface area contributed by atoms with Gasteiger partial charge >= 0.3 is 5.97 Å². The van der Waals surface area contributed by atoms with Gasteiger partial charge in [0.1, 0.15) is 22.1 Å². The molecule has 1 aliphatic heterocycles. The topological polar surface area (TPSA) is 110 Å². The van der Waals surface area contributed by atoms with E-state index >= 15 is 0 Å². The van der Waals surface area contributed by atoms with Crippen LogP contribution < -0.4 is 10.2 Å². The van der Waals surface area contributed by atoms with E-state index < -0.39 is 5.97 Å². The van der Waals surface area contributed by atoms with Gasteiger partial charge < -0.3 is 24.8 Å². The molecule has 1 saturated heterocycles. The molecule has 0 bridgehead atoms. The van der Waals surface area contributed by atoms with E-state index in [9.17, 15) is 9.90 Å². The Morgan fingerprint density at radius 3 is 2.69 bits per heavy atom. The molecule has 9 nitrogen and oxygen atoms in total. The van der Waals surface area contributed by atoms with Crippen molar-refractivity contribution in [3.63, 3.8) is 0 Å². The maximum Gasteiger partial charge on any atom is 0.348 e. The van der Waals surface area contributed by atoms with Crippen molar-refractivity contribution in [1.29, 1.82) is 0 Å². The van der Waals surface area contributed by atoms with E-state index in [1.807, 2.05) is 0 Å². The van der Waals surface area contributed by atoms with Gasteiger partial charge in [0, 0.05) is 27.3 Å². The predicted molar refractivity (Wildman–Crippen MR) is 112 cm³/mol. The van der Waals surface area contributed by atoms with Crippen LogP contribution in [0.15, 0.2) is 12.4 Å². The Kier molecular flexibility index (Phi) is 7.34. The molecule has 1 atom stereocenters. The van der Waals surface area contributed by atoms with Crippen molar-refractivity contribution in [3.8, 4) is 11.4 Å². The number of nitrogens with zero attached hydrogens (tertiary/aromatic N) is 4. The summed E-state index contributed by atoms with van der Waals surface area (Å²) >= 11 is 1.20. The second-order valence-electron chi connectivity index (χ2n) is 7.21. The first-order chi connectivity index (χ1) is 14.0. The number of methoxy groups -OCH3 is 2. The lowest BCUT2D eigenvalue weighted by atomic mass is 10.0. The number of ether oxygens (including phenoxy) is 2. The summed E-state index contributed by atoms with van der Waals surface area (Å²) in [5, 5.41) is 13.6. The highest BCUT2D eigenvalue weighted by Crippen LogP contribution is 2.34. The van der Waals surface area contributed by atoms with Crippen molar-refractivity contribution < 1.29 is 19.4 Å². The number of anilines is 2. The Balaban J connectivity index is 1.81. The lowest BCUT2D eigenvalue weighted by Crippen LogP contribution is -2.34. The summed E-state index contributed by atoms with van der Waals surface area (Å²) in [6, 6.07) is -0.0632. The van der Waals surface area contributed by atoms with E-state index in [4.69, 9.17) is 9.47 Å². The summed E-state index contributed by atoms with van der Waals surface area (Å²) in [6.07, 6.45) is 5.39. The van der Waals surface area contributed by atoms with Gasteiger partial charge in [-0.15, -0.1) is 0 Å². The molecule has 0 unspecified atom stereocenters. The smallest absolute Gasteiger partial charge is 0.348 e. The van der Waals surface area contributed by atoms with Crippen LogP contribution in [0.1, 0.15) is 29.4 Å². The van der Waals surface area contributed by atoms with E-state index in [1.54, 1.807) is 26.6 Å². The summed E-state index contributed by atoms with van der Waals surface area (Å²) in [4.78, 5) is 27.5. The van der Waals surface area contributed by atoms with Gasteiger partial charge in [-0.2, -0.15) is 0 Å². The fourth-order valence-corrected chi connectivity index (χ4v) is 4.34. The minimum atomic E-state index is -1.00. The van der Waals surface area contributed by atoms with Gasteiger partial charge in [-0.05, 0) is 18.8 Å². The van der Waals surface area contributed by atoms with Gasteiger partial charge in [0.05, 0.1) is 31.6 Å². The SMILES string of the molecule is COCC(COC)Nc1cnc(-c2nc(N3CCC[C@@H](C)C3)sc2C(=O)O)cn1. The molecular weight excluding hydrogens is 394 g/mol. The Labute approximate surface area is 174 Å². The standard InChI is InChI=1S/C19H27N5O4S/c1-12-5-4-6-24(9-12)19-23-16(17(29-19)18(25)26)14-7-21-15(8-20-14)22-13(10-27-2)11-28-3/h7-8,12-13H,4-6,9-11H2,1-3H3,(H,21,22)(H,25,26)/t12-/m1/s1. The summed E-state index contributed by atoms with van der Waals surface area (Å²) in [5.74, 6) is 0.129. The second-order valence-corrected chi connectivity index (χ2v) is 8.19. The zero-order chi connectivity index (χ0) is 20.8. The molecule has 0 spiro atoms. The normalized spacial score (nSPS) is 17.0. The molecule has 2 N–H and O–H groups in total. The molecule has 3 rings (SSSR count). The molecule has 158 valence electrons. The molecule has 29 heavy (non-hydrogen) atoms. The molecule has 1 fully saturated rings. The van der Waals surface area contributed by atoms with Crippen LogP contribution in [0, 0.1) is 5.92 Å². The first-order valence-electron chi connectivity index (χ1n) is 9.57. The molecular formula is C19H27N5O4S. The Morgan fingerprint density at radius 2 is 2.10 bits per heavy atom. The van der Waals surface area contributed by atoms with Crippen molar-refractivity contribution >= 4 is 28.3 Å². The molecule has 0 aromatic carbocycles. The third kappa shape index (κ3) is 5.40. The van der Waals surface area contributed by atoms with Crippen LogP contribution in [-0.4, -0.2) is 72.6 Å². The van der Waals surface area contributed by atoms with Gasteiger partial charge in [0.2, 0.25) is 0 Å². The van der Waals surface area contributed by atoms with Gasteiger partial charge in [-0.1, -0.05) is 18.3 Å². The van der Waals surface area contributed by atoms with Gasteiger partial charge in [0.25, 0.3) is 0 Å². The molecule has 2 aromatic heterocycles. The van der Waals surface area contributed by atoms with Crippen molar-refractivity contribution in [2.24, 2.45) is 5.92 Å². The van der Waals surface area contributed by atoms with Crippen LogP contribution in [0.3, 0.4) is 0 Å². The highest BCUT2D eigenvalue weighted by molar-refractivity contribution is 7.17. The van der Waals surface area contributed by atoms with Crippen molar-refractivity contribution in [2.45, 2.75) is 25.8 Å². The van der Waals surface area contributed by atoms with Crippen molar-refractivity contribution in [3.05, 3.63) is 17.3 Å². The van der Waals surface area contributed by atoms with Gasteiger partial charge in [-0.25, -0.2) is 19.7 Å². The van der Waals surface area contributed by atoms with Crippen LogP contribution in [0.4, 0.5) is 10.9 Å². The molecule has 10 heteroatoms. The van der Waals surface area contributed by atoms with Crippen LogP contribution in [0.5, 0.6) is 0 Å². The predicted octanol–water partition coefficient (Wildman–Crippen LogP) is 2.61. The number of piperidine rings is 1. The van der Waals surface area contributed by atoms with Crippen LogP contribution in [-0.2, 0) is 9.47 Å². The number of hydrogen-bond donors (Lipinski definition) is 2. The number of aromatic nitrogens is 3. The highest BCUT2D eigenvalue weighted by atomic mass is 32.1. The van der Waals surface area contributed by atoms with Crippen LogP contribution in [0.25, 0.3) is 11.4 Å². The number of carboxylic acid groups (broad SMARTS) is 1. The first kappa shape index (κ1) is 21.4. The monoisotopic (exact) mass is 421 g/mol. The maximum absolute atomic E-state index is 11.8. The van der Waals surface area contributed by atoms with Crippen molar-refractivity contribution in [1.82, 2.24) is 15.0 Å². The van der Waals surface area contributed by atoms with E-state index in [1.165, 1.54) is 17.8 Å². The zero-order valence-electron chi connectivity index (χ0n) is 16.9. The van der Waals surface area contributed by atoms with E-state index in [0.29, 0.717) is 36.3 Å². The summed E-state index contributed by atoms with van der Waals surface area (Å²) in [7, 11) is 3.24. The number of nitrogens with one attached hydrogen (secondary N) is 1. The average Bonchev–Trinajstić information content (AvgIpc) is 3.15. The third-order valence-corrected chi connectivity index (χ3v) is 5.82. The number of rotatable bonds is 9. The van der Waals surface area contributed by atoms with E-state index in [2.05, 4.69) is 32.1 Å². The average molecular weight is 422 g/mol. The third-order valence-electron chi connectivity index (χ3n) is 4.72. The number of aromatic carboxylic acids is 1. The summed E-state index contributed by atoms with van der Waals surface area (Å²) in [5.41, 5.74) is 0.802. The summed E-state index contributed by atoms with van der Waals surface area (Å²) in [6.45, 7) is 4.91. The molecule has 0 radical (unpaired) electrons. The number of carboxylic acids is 1. The second kappa shape index (κ2) is 9.95. The molecule has 3 heterocycles. The lowest BCUT2D eigenvalue weighted by molar-refractivity contribution is 0.0702. The van der Waals surface area contributed by atoms with Crippen molar-refractivity contribution in [2.75, 3.05) is 50.7 Å². The number of carbonyl (C=O) groups is 1. The fourth-order valence-electron chi connectivity index (χ4n) is 3.39. The summed E-state index contributed by atoms with van der Waals surface area (Å²) < 4.78 is 10.3. The molecule has 1 aliphatic rings.